The Kier molecular flexibility index (Phi) is 2.76. The SMILES string of the molecule is Cc1cn(C(C)C)c(=O)c2cccc(Cl)c12. The molecule has 0 amide bonds. The Bertz CT molecular complexity index is 599. The lowest BCUT2D eigenvalue weighted by Crippen LogP contribution is -2.22. The molecular weight excluding hydrogens is 222 g/mol. The average molecular weight is 236 g/mol. The first-order chi connectivity index (χ1) is 7.52. The molecule has 0 radical (unpaired) electrons. The summed E-state index contributed by atoms with van der Waals surface area (Å²) in [5, 5.41) is 2.20. The first kappa shape index (κ1) is 11.2. The Labute approximate surface area is 99.5 Å². The summed E-state index contributed by atoms with van der Waals surface area (Å²) in [5.41, 5.74) is 1.06. The molecule has 1 aromatic heterocycles. The Balaban J connectivity index is 2.96. The van der Waals surface area contributed by atoms with Gasteiger partial charge in [-0.25, -0.2) is 0 Å². The van der Waals surface area contributed by atoms with Crippen molar-refractivity contribution < 1.29 is 0 Å². The van der Waals surface area contributed by atoms with Gasteiger partial charge in [0.1, 0.15) is 0 Å². The van der Waals surface area contributed by atoms with Crippen molar-refractivity contribution in [3.8, 4) is 0 Å². The Hall–Kier alpha value is -1.28. The summed E-state index contributed by atoms with van der Waals surface area (Å²) in [4.78, 5) is 12.2. The van der Waals surface area contributed by atoms with E-state index >= 15 is 0 Å². The monoisotopic (exact) mass is 235 g/mol. The highest BCUT2D eigenvalue weighted by Crippen LogP contribution is 2.24. The van der Waals surface area contributed by atoms with Crippen LogP contribution in [0.4, 0.5) is 0 Å². The summed E-state index contributed by atoms with van der Waals surface area (Å²) < 4.78 is 1.74. The number of pyridine rings is 1. The van der Waals surface area contributed by atoms with Crippen LogP contribution < -0.4 is 5.56 Å². The average Bonchev–Trinajstić information content (AvgIpc) is 2.22. The Morgan fingerprint density at radius 3 is 2.62 bits per heavy atom. The van der Waals surface area contributed by atoms with Gasteiger partial charge in [0, 0.05) is 28.0 Å². The number of benzene rings is 1. The maximum absolute atomic E-state index is 12.2. The number of rotatable bonds is 1. The molecule has 3 heteroatoms. The van der Waals surface area contributed by atoms with Crippen LogP contribution in [0.5, 0.6) is 0 Å². The van der Waals surface area contributed by atoms with Crippen LogP contribution in [0.1, 0.15) is 25.5 Å². The molecule has 0 saturated carbocycles. The van der Waals surface area contributed by atoms with Crippen molar-refractivity contribution in [2.75, 3.05) is 0 Å². The molecule has 16 heavy (non-hydrogen) atoms. The van der Waals surface area contributed by atoms with E-state index in [0.717, 1.165) is 10.9 Å². The Morgan fingerprint density at radius 1 is 1.31 bits per heavy atom. The van der Waals surface area contributed by atoms with Gasteiger partial charge in [0.25, 0.3) is 5.56 Å². The van der Waals surface area contributed by atoms with Crippen LogP contribution in [0.25, 0.3) is 10.8 Å². The van der Waals surface area contributed by atoms with E-state index in [4.69, 9.17) is 11.6 Å². The van der Waals surface area contributed by atoms with E-state index in [2.05, 4.69) is 0 Å². The molecule has 2 rings (SSSR count). The van der Waals surface area contributed by atoms with Gasteiger partial charge in [-0.1, -0.05) is 17.7 Å². The number of nitrogens with zero attached hydrogens (tertiary/aromatic N) is 1. The molecule has 0 atom stereocenters. The van der Waals surface area contributed by atoms with Gasteiger partial charge in [0.15, 0.2) is 0 Å². The molecule has 2 aromatic rings. The second-order valence-corrected chi connectivity index (χ2v) is 4.69. The highest BCUT2D eigenvalue weighted by molar-refractivity contribution is 6.35. The van der Waals surface area contributed by atoms with Crippen molar-refractivity contribution in [2.45, 2.75) is 26.8 Å². The molecule has 0 aliphatic rings. The lowest BCUT2D eigenvalue weighted by Gasteiger charge is -2.13. The zero-order chi connectivity index (χ0) is 11.9. The largest absolute Gasteiger partial charge is 0.312 e. The van der Waals surface area contributed by atoms with Crippen LogP contribution in [-0.2, 0) is 0 Å². The summed E-state index contributed by atoms with van der Waals surface area (Å²) in [6.07, 6.45) is 1.88. The zero-order valence-electron chi connectivity index (χ0n) is 9.62. The standard InChI is InChI=1S/C13H14ClNO/c1-8(2)15-7-9(3)12-10(13(15)16)5-4-6-11(12)14/h4-8H,1-3H3. The molecule has 0 aliphatic heterocycles. The van der Waals surface area contributed by atoms with Gasteiger partial charge in [-0.3, -0.25) is 4.79 Å². The minimum Gasteiger partial charge on any atom is -0.312 e. The highest BCUT2D eigenvalue weighted by atomic mass is 35.5. The number of aromatic nitrogens is 1. The van der Waals surface area contributed by atoms with Crippen LogP contribution in [-0.4, -0.2) is 4.57 Å². The first-order valence-corrected chi connectivity index (χ1v) is 5.70. The van der Waals surface area contributed by atoms with Crippen LogP contribution in [0, 0.1) is 6.92 Å². The van der Waals surface area contributed by atoms with Crippen molar-refractivity contribution in [3.05, 3.63) is 45.3 Å². The van der Waals surface area contributed by atoms with Crippen LogP contribution >= 0.6 is 11.6 Å². The molecule has 0 bridgehead atoms. The third-order valence-electron chi connectivity index (χ3n) is 2.76. The molecule has 0 fully saturated rings. The van der Waals surface area contributed by atoms with E-state index in [1.807, 2.05) is 45.2 Å². The van der Waals surface area contributed by atoms with Crippen molar-refractivity contribution in [1.29, 1.82) is 0 Å². The number of aryl methyl sites for hydroxylation is 1. The summed E-state index contributed by atoms with van der Waals surface area (Å²) >= 11 is 6.12. The van der Waals surface area contributed by atoms with Crippen molar-refractivity contribution in [2.24, 2.45) is 0 Å². The molecule has 0 spiro atoms. The van der Waals surface area contributed by atoms with Crippen LogP contribution in [0.2, 0.25) is 5.02 Å². The van der Waals surface area contributed by atoms with E-state index in [-0.39, 0.29) is 11.6 Å². The first-order valence-electron chi connectivity index (χ1n) is 5.32. The minimum atomic E-state index is 0.0260. The molecule has 0 unspecified atom stereocenters. The molecule has 2 nitrogen and oxygen atoms in total. The number of hydrogen-bond donors (Lipinski definition) is 0. The number of fused-ring (bicyclic) bond motifs is 1. The molecule has 0 aliphatic carbocycles. The van der Waals surface area contributed by atoms with Crippen molar-refractivity contribution >= 4 is 22.4 Å². The summed E-state index contributed by atoms with van der Waals surface area (Å²) in [6, 6.07) is 5.62. The van der Waals surface area contributed by atoms with E-state index < -0.39 is 0 Å². The fourth-order valence-electron chi connectivity index (χ4n) is 1.96. The van der Waals surface area contributed by atoms with Gasteiger partial charge in [-0.05, 0) is 38.5 Å². The topological polar surface area (TPSA) is 22.0 Å². The number of hydrogen-bond acceptors (Lipinski definition) is 1. The quantitative estimate of drug-likeness (QED) is 0.741. The van der Waals surface area contributed by atoms with Crippen LogP contribution in [0.3, 0.4) is 0 Å². The molecular formula is C13H14ClNO. The normalized spacial score (nSPS) is 11.3. The minimum absolute atomic E-state index is 0.0260. The van der Waals surface area contributed by atoms with E-state index in [1.165, 1.54) is 0 Å². The third kappa shape index (κ3) is 1.63. The molecule has 0 saturated heterocycles. The zero-order valence-corrected chi connectivity index (χ0v) is 10.4. The van der Waals surface area contributed by atoms with Gasteiger partial charge in [-0.2, -0.15) is 0 Å². The molecule has 1 aromatic carbocycles. The summed E-state index contributed by atoms with van der Waals surface area (Å²) in [6.45, 7) is 5.97. The number of halogens is 1. The maximum Gasteiger partial charge on any atom is 0.258 e. The molecule has 0 N–H and O–H groups in total. The lowest BCUT2D eigenvalue weighted by molar-refractivity contribution is 0.581. The van der Waals surface area contributed by atoms with E-state index in [9.17, 15) is 4.79 Å². The fraction of sp³-hybridized carbons (Fsp3) is 0.308. The second kappa shape index (κ2) is 3.95. The second-order valence-electron chi connectivity index (χ2n) is 4.28. The third-order valence-corrected chi connectivity index (χ3v) is 3.08. The fourth-order valence-corrected chi connectivity index (χ4v) is 2.28. The predicted octanol–water partition coefficient (Wildman–Crippen LogP) is 3.54. The van der Waals surface area contributed by atoms with Gasteiger partial charge in [0.2, 0.25) is 0 Å². The van der Waals surface area contributed by atoms with Gasteiger partial charge in [-0.15, -0.1) is 0 Å². The van der Waals surface area contributed by atoms with Crippen molar-refractivity contribution in [1.82, 2.24) is 4.57 Å². The maximum atomic E-state index is 12.2. The predicted molar refractivity (Wildman–Crippen MR) is 68.3 cm³/mol. The van der Waals surface area contributed by atoms with E-state index in [0.29, 0.717) is 10.4 Å². The smallest absolute Gasteiger partial charge is 0.258 e. The van der Waals surface area contributed by atoms with Crippen molar-refractivity contribution in [3.63, 3.8) is 0 Å². The summed E-state index contributed by atoms with van der Waals surface area (Å²) in [7, 11) is 0. The highest BCUT2D eigenvalue weighted by Gasteiger charge is 2.10. The van der Waals surface area contributed by atoms with Gasteiger partial charge in [0.05, 0.1) is 0 Å². The van der Waals surface area contributed by atoms with Crippen LogP contribution in [0.15, 0.2) is 29.2 Å². The lowest BCUT2D eigenvalue weighted by atomic mass is 10.1. The van der Waals surface area contributed by atoms with Gasteiger partial charge >= 0.3 is 0 Å². The Morgan fingerprint density at radius 2 is 2.00 bits per heavy atom. The van der Waals surface area contributed by atoms with E-state index in [1.54, 1.807) is 4.57 Å². The molecule has 1 heterocycles. The summed E-state index contributed by atoms with van der Waals surface area (Å²) in [5.74, 6) is 0. The van der Waals surface area contributed by atoms with Gasteiger partial charge < -0.3 is 4.57 Å². The molecule has 84 valence electrons.